The quantitative estimate of drug-likeness (QED) is 0.688. The number of benzene rings is 2. The highest BCUT2D eigenvalue weighted by atomic mass is 35.5. The number of carbonyl (C=O) groups excluding carboxylic acids is 1. The molecule has 0 fully saturated rings. The van der Waals surface area contributed by atoms with Gasteiger partial charge in [0.05, 0.1) is 22.5 Å². The molecular formula is C18H12ClF2N3O. The van der Waals surface area contributed by atoms with Crippen LogP contribution >= 0.6 is 11.6 Å². The van der Waals surface area contributed by atoms with Gasteiger partial charge in [-0.2, -0.15) is 0 Å². The van der Waals surface area contributed by atoms with Gasteiger partial charge < -0.3 is 10.6 Å². The number of anilines is 3. The van der Waals surface area contributed by atoms with Gasteiger partial charge in [0.15, 0.2) is 0 Å². The number of hydrogen-bond acceptors (Lipinski definition) is 3. The molecule has 0 saturated heterocycles. The fourth-order valence-corrected chi connectivity index (χ4v) is 2.29. The summed E-state index contributed by atoms with van der Waals surface area (Å²) in [6.07, 6.45) is 1.48. The van der Waals surface area contributed by atoms with Crippen LogP contribution in [0.2, 0.25) is 5.02 Å². The molecule has 0 bridgehead atoms. The molecule has 0 aliphatic heterocycles. The third kappa shape index (κ3) is 4.10. The fraction of sp³-hybridized carbons (Fsp3) is 0. The number of amides is 1. The highest BCUT2D eigenvalue weighted by Crippen LogP contribution is 2.23. The van der Waals surface area contributed by atoms with Crippen molar-refractivity contribution in [3.05, 3.63) is 83.0 Å². The van der Waals surface area contributed by atoms with E-state index >= 15 is 0 Å². The highest BCUT2D eigenvalue weighted by molar-refractivity contribution is 6.31. The average Bonchev–Trinajstić information content (AvgIpc) is 2.60. The predicted octanol–water partition coefficient (Wildman–Crippen LogP) is 5.01. The summed E-state index contributed by atoms with van der Waals surface area (Å²) in [5, 5.41) is 5.53. The summed E-state index contributed by atoms with van der Waals surface area (Å²) in [5.74, 6) is -1.42. The largest absolute Gasteiger partial charge is 0.354 e. The molecule has 1 heterocycles. The van der Waals surface area contributed by atoms with Crippen molar-refractivity contribution in [2.24, 2.45) is 0 Å². The van der Waals surface area contributed by atoms with E-state index in [1.54, 1.807) is 18.2 Å². The summed E-state index contributed by atoms with van der Waals surface area (Å²) in [6.45, 7) is 0. The van der Waals surface area contributed by atoms with Gasteiger partial charge in [0.2, 0.25) is 0 Å². The fourth-order valence-electron chi connectivity index (χ4n) is 2.11. The standard InChI is InChI=1S/C18H12ClF2N3O/c19-14-9-11(5-7-16(14)21)23-12-6-8-17(22-10-12)24-18(25)13-3-1-2-4-15(13)20/h1-10,23H,(H,22,24,25). The Kier molecular flexibility index (Phi) is 4.90. The summed E-state index contributed by atoms with van der Waals surface area (Å²) >= 11 is 5.72. The van der Waals surface area contributed by atoms with Crippen LogP contribution in [-0.4, -0.2) is 10.9 Å². The van der Waals surface area contributed by atoms with E-state index in [0.29, 0.717) is 11.4 Å². The van der Waals surface area contributed by atoms with E-state index in [1.165, 1.54) is 42.6 Å². The van der Waals surface area contributed by atoms with Gasteiger partial charge >= 0.3 is 0 Å². The lowest BCUT2D eigenvalue weighted by atomic mass is 10.2. The van der Waals surface area contributed by atoms with E-state index in [1.807, 2.05) is 0 Å². The maximum atomic E-state index is 13.6. The molecule has 0 aliphatic rings. The molecule has 25 heavy (non-hydrogen) atoms. The van der Waals surface area contributed by atoms with Crippen molar-refractivity contribution < 1.29 is 13.6 Å². The number of pyridine rings is 1. The summed E-state index contributed by atoms with van der Waals surface area (Å²) in [6, 6.07) is 13.1. The number of nitrogens with zero attached hydrogens (tertiary/aromatic N) is 1. The molecule has 1 aromatic heterocycles. The summed E-state index contributed by atoms with van der Waals surface area (Å²) < 4.78 is 26.7. The van der Waals surface area contributed by atoms with Crippen molar-refractivity contribution in [1.29, 1.82) is 0 Å². The van der Waals surface area contributed by atoms with Gasteiger partial charge in [0.25, 0.3) is 5.91 Å². The number of aromatic nitrogens is 1. The van der Waals surface area contributed by atoms with Crippen molar-refractivity contribution in [1.82, 2.24) is 4.98 Å². The predicted molar refractivity (Wildman–Crippen MR) is 93.3 cm³/mol. The lowest BCUT2D eigenvalue weighted by molar-refractivity contribution is 0.102. The minimum absolute atomic E-state index is 0.00623. The Morgan fingerprint density at radius 1 is 0.960 bits per heavy atom. The third-order valence-electron chi connectivity index (χ3n) is 3.33. The first kappa shape index (κ1) is 16.9. The SMILES string of the molecule is O=C(Nc1ccc(Nc2ccc(F)c(Cl)c2)cn1)c1ccccc1F. The van der Waals surface area contributed by atoms with Gasteiger partial charge in [-0.3, -0.25) is 4.79 Å². The molecule has 3 aromatic rings. The van der Waals surface area contributed by atoms with Crippen LogP contribution in [0.3, 0.4) is 0 Å². The van der Waals surface area contributed by atoms with E-state index < -0.39 is 17.5 Å². The molecule has 0 atom stereocenters. The summed E-state index contributed by atoms with van der Waals surface area (Å²) in [4.78, 5) is 16.1. The van der Waals surface area contributed by atoms with E-state index in [-0.39, 0.29) is 16.4 Å². The first-order valence-electron chi connectivity index (χ1n) is 7.27. The van der Waals surface area contributed by atoms with Crippen LogP contribution in [-0.2, 0) is 0 Å². The van der Waals surface area contributed by atoms with Gasteiger partial charge in [-0.05, 0) is 42.5 Å². The minimum Gasteiger partial charge on any atom is -0.354 e. The van der Waals surface area contributed by atoms with Crippen LogP contribution in [0.4, 0.5) is 26.0 Å². The van der Waals surface area contributed by atoms with Crippen LogP contribution in [0.1, 0.15) is 10.4 Å². The first-order valence-corrected chi connectivity index (χ1v) is 7.65. The second kappa shape index (κ2) is 7.27. The molecule has 0 spiro atoms. The van der Waals surface area contributed by atoms with Crippen LogP contribution in [0.15, 0.2) is 60.8 Å². The number of hydrogen-bond donors (Lipinski definition) is 2. The van der Waals surface area contributed by atoms with E-state index in [9.17, 15) is 13.6 Å². The van der Waals surface area contributed by atoms with Gasteiger partial charge in [0.1, 0.15) is 17.5 Å². The molecule has 7 heteroatoms. The summed E-state index contributed by atoms with van der Waals surface area (Å²) in [7, 11) is 0. The van der Waals surface area contributed by atoms with Gasteiger partial charge in [-0.25, -0.2) is 13.8 Å². The second-order valence-corrected chi connectivity index (χ2v) is 5.53. The molecule has 0 unspecified atom stereocenters. The topological polar surface area (TPSA) is 54.0 Å². The summed E-state index contributed by atoms with van der Waals surface area (Å²) in [5.41, 5.74) is 1.15. The Morgan fingerprint density at radius 2 is 1.72 bits per heavy atom. The lowest BCUT2D eigenvalue weighted by Crippen LogP contribution is -2.14. The number of nitrogens with one attached hydrogen (secondary N) is 2. The minimum atomic E-state index is -0.605. The maximum Gasteiger partial charge on any atom is 0.259 e. The van der Waals surface area contributed by atoms with Crippen LogP contribution < -0.4 is 10.6 Å². The Hall–Kier alpha value is -2.99. The van der Waals surface area contributed by atoms with E-state index in [4.69, 9.17) is 11.6 Å². The van der Waals surface area contributed by atoms with Crippen molar-refractivity contribution in [3.8, 4) is 0 Å². The van der Waals surface area contributed by atoms with Gasteiger partial charge in [-0.1, -0.05) is 23.7 Å². The van der Waals surface area contributed by atoms with Crippen LogP contribution in [0, 0.1) is 11.6 Å². The Bertz CT molecular complexity index is 916. The molecule has 3 rings (SSSR count). The Balaban J connectivity index is 1.69. The molecule has 2 N–H and O–H groups in total. The van der Waals surface area contributed by atoms with Crippen molar-refractivity contribution in [2.45, 2.75) is 0 Å². The molecule has 0 radical (unpaired) electrons. The molecule has 126 valence electrons. The third-order valence-corrected chi connectivity index (χ3v) is 3.62. The van der Waals surface area contributed by atoms with Crippen LogP contribution in [0.5, 0.6) is 0 Å². The molecule has 0 aliphatic carbocycles. The number of carbonyl (C=O) groups is 1. The number of rotatable bonds is 4. The second-order valence-electron chi connectivity index (χ2n) is 5.12. The molecule has 0 saturated carbocycles. The molecule has 1 amide bonds. The monoisotopic (exact) mass is 359 g/mol. The van der Waals surface area contributed by atoms with Gasteiger partial charge in [0, 0.05) is 5.69 Å². The van der Waals surface area contributed by atoms with Crippen molar-refractivity contribution >= 4 is 34.7 Å². The lowest BCUT2D eigenvalue weighted by Gasteiger charge is -2.09. The van der Waals surface area contributed by atoms with Crippen molar-refractivity contribution in [2.75, 3.05) is 10.6 Å². The van der Waals surface area contributed by atoms with E-state index in [0.717, 1.165) is 0 Å². The smallest absolute Gasteiger partial charge is 0.259 e. The number of halogens is 3. The molecule has 2 aromatic carbocycles. The van der Waals surface area contributed by atoms with Crippen molar-refractivity contribution in [3.63, 3.8) is 0 Å². The Labute approximate surface area is 147 Å². The van der Waals surface area contributed by atoms with Crippen LogP contribution in [0.25, 0.3) is 0 Å². The average molecular weight is 360 g/mol. The highest BCUT2D eigenvalue weighted by Gasteiger charge is 2.11. The molecule has 4 nitrogen and oxygen atoms in total. The van der Waals surface area contributed by atoms with Gasteiger partial charge in [-0.15, -0.1) is 0 Å². The zero-order valence-corrected chi connectivity index (χ0v) is 13.5. The normalized spacial score (nSPS) is 10.4. The Morgan fingerprint density at radius 3 is 2.40 bits per heavy atom. The maximum absolute atomic E-state index is 13.6. The van der Waals surface area contributed by atoms with E-state index in [2.05, 4.69) is 15.6 Å². The zero-order chi connectivity index (χ0) is 17.8. The zero-order valence-electron chi connectivity index (χ0n) is 12.8. The first-order chi connectivity index (χ1) is 12.0. The molecular weight excluding hydrogens is 348 g/mol.